The molecule has 0 heterocycles. The summed E-state index contributed by atoms with van der Waals surface area (Å²) in [6.07, 6.45) is 63.6. The van der Waals surface area contributed by atoms with E-state index in [1.165, 1.54) is 266 Å². The first kappa shape index (κ1) is 65.0. The van der Waals surface area contributed by atoms with Gasteiger partial charge in [0.15, 0.2) is 0 Å². The second-order valence-electron chi connectivity index (χ2n) is 21.3. The Morgan fingerprint density at radius 2 is 0.594 bits per heavy atom. The van der Waals surface area contributed by atoms with E-state index in [9.17, 15) is 0 Å². The van der Waals surface area contributed by atoms with E-state index in [1.807, 2.05) is 0 Å². The summed E-state index contributed by atoms with van der Waals surface area (Å²) in [4.78, 5) is 11.2. The molecule has 0 aromatic heterocycles. The van der Waals surface area contributed by atoms with E-state index in [0.29, 0.717) is 0 Å². The van der Waals surface area contributed by atoms with Crippen LogP contribution < -0.4 is 0 Å². The van der Waals surface area contributed by atoms with Gasteiger partial charge in [-0.2, -0.15) is 0 Å². The molecule has 69 heavy (non-hydrogen) atoms. The van der Waals surface area contributed by atoms with E-state index in [4.69, 9.17) is 9.98 Å². The first-order valence-electron chi connectivity index (χ1n) is 30.6. The average Bonchev–Trinajstić information content (AvgIpc) is 3.35. The van der Waals surface area contributed by atoms with Gasteiger partial charge in [-0.25, -0.2) is 4.99 Å². The molecule has 0 saturated heterocycles. The fourth-order valence-electron chi connectivity index (χ4n) is 9.94. The number of hydrogen-bond donors (Lipinski definition) is 0. The van der Waals surface area contributed by atoms with Crippen LogP contribution in [0.1, 0.15) is 321 Å². The SMILES string of the molecule is CCCCCCCCCCCCCCCCCCCCCCCCCCCCC=CC(=Nc1cc(CCCC)cc(CCCC)c1)C(CCCCCC)=Nc1cc(CCCC)cc(CCCC)c1.[Ni]. The molecule has 3 heteroatoms. The second kappa shape index (κ2) is 48.3. The van der Waals surface area contributed by atoms with Crippen LogP contribution in [0.15, 0.2) is 58.5 Å². The van der Waals surface area contributed by atoms with Gasteiger partial charge in [-0.1, -0.05) is 265 Å². The number of allylic oxidation sites excluding steroid dienone is 2. The fraction of sp³-hybridized carbons (Fsp3) is 0.758. The second-order valence-corrected chi connectivity index (χ2v) is 21.3. The molecule has 398 valence electrons. The van der Waals surface area contributed by atoms with Gasteiger partial charge in [0.2, 0.25) is 0 Å². The molecule has 2 aromatic rings. The van der Waals surface area contributed by atoms with E-state index in [1.54, 1.807) is 0 Å². The molecule has 0 aliphatic heterocycles. The van der Waals surface area contributed by atoms with Crippen LogP contribution in [0.2, 0.25) is 0 Å². The maximum atomic E-state index is 5.59. The van der Waals surface area contributed by atoms with Crippen molar-refractivity contribution in [2.45, 2.75) is 324 Å². The molecular weight excluding hydrogens is 879 g/mol. The zero-order valence-corrected chi connectivity index (χ0v) is 47.9. The van der Waals surface area contributed by atoms with Crippen molar-refractivity contribution >= 4 is 22.8 Å². The Kier molecular flexibility index (Phi) is 45.5. The van der Waals surface area contributed by atoms with E-state index < -0.39 is 0 Å². The van der Waals surface area contributed by atoms with Crippen LogP contribution in [0.5, 0.6) is 0 Å². The van der Waals surface area contributed by atoms with Gasteiger partial charge in [0, 0.05) is 16.5 Å². The fourth-order valence-corrected chi connectivity index (χ4v) is 9.94. The van der Waals surface area contributed by atoms with Gasteiger partial charge in [0.05, 0.1) is 22.8 Å². The van der Waals surface area contributed by atoms with E-state index in [2.05, 4.69) is 90.1 Å². The van der Waals surface area contributed by atoms with Gasteiger partial charge in [0.1, 0.15) is 0 Å². The van der Waals surface area contributed by atoms with Crippen molar-refractivity contribution in [1.29, 1.82) is 0 Å². The third-order valence-electron chi connectivity index (χ3n) is 14.4. The first-order valence-corrected chi connectivity index (χ1v) is 30.6. The zero-order valence-electron chi connectivity index (χ0n) is 46.9. The Morgan fingerprint density at radius 1 is 0.319 bits per heavy atom. The summed E-state index contributed by atoms with van der Waals surface area (Å²) < 4.78 is 0. The molecule has 0 radical (unpaired) electrons. The summed E-state index contributed by atoms with van der Waals surface area (Å²) in [5.41, 5.74) is 10.3. The summed E-state index contributed by atoms with van der Waals surface area (Å²) in [6, 6.07) is 14.4. The number of benzene rings is 2. The molecule has 0 unspecified atom stereocenters. The topological polar surface area (TPSA) is 24.7 Å². The van der Waals surface area contributed by atoms with E-state index >= 15 is 0 Å². The Bertz CT molecular complexity index is 1480. The molecule has 2 aromatic carbocycles. The van der Waals surface area contributed by atoms with E-state index in [0.717, 1.165) is 62.0 Å². The number of nitrogens with zero attached hydrogens (tertiary/aromatic N) is 2. The van der Waals surface area contributed by atoms with Crippen LogP contribution >= 0.6 is 0 Å². The van der Waals surface area contributed by atoms with Crippen molar-refractivity contribution in [2.24, 2.45) is 9.98 Å². The molecule has 2 nitrogen and oxygen atoms in total. The molecule has 0 aliphatic rings. The van der Waals surface area contributed by atoms with Gasteiger partial charge in [-0.3, -0.25) is 4.99 Å². The first-order chi connectivity index (χ1) is 33.6. The predicted octanol–water partition coefficient (Wildman–Crippen LogP) is 23.0. The summed E-state index contributed by atoms with van der Waals surface area (Å²) >= 11 is 0. The van der Waals surface area contributed by atoms with Crippen LogP contribution in [-0.2, 0) is 42.2 Å². The Hall–Kier alpha value is -1.99. The number of aliphatic imine (C=N–C) groups is 2. The molecule has 0 spiro atoms. The Morgan fingerprint density at radius 3 is 0.913 bits per heavy atom. The zero-order chi connectivity index (χ0) is 48.8. The summed E-state index contributed by atoms with van der Waals surface area (Å²) in [5.74, 6) is 0. The van der Waals surface area contributed by atoms with Crippen molar-refractivity contribution < 1.29 is 16.5 Å². The predicted molar refractivity (Wildman–Crippen MR) is 310 cm³/mol. The van der Waals surface area contributed by atoms with Crippen molar-refractivity contribution in [2.75, 3.05) is 0 Å². The third kappa shape index (κ3) is 36.6. The summed E-state index contributed by atoms with van der Waals surface area (Å²) in [5, 5.41) is 0. The molecule has 0 fully saturated rings. The molecule has 0 aliphatic carbocycles. The smallest absolute Gasteiger partial charge is 0.0848 e. The molecule has 2 rings (SSSR count). The van der Waals surface area contributed by atoms with Gasteiger partial charge >= 0.3 is 0 Å². The van der Waals surface area contributed by atoms with Crippen molar-refractivity contribution in [3.63, 3.8) is 0 Å². The number of unbranched alkanes of at least 4 members (excludes halogenated alkanes) is 33. The quantitative estimate of drug-likeness (QED) is 0.0359. The largest absolute Gasteiger partial charge is 0.251 e. The number of hydrogen-bond acceptors (Lipinski definition) is 2. The molecule has 0 atom stereocenters. The monoisotopic (exact) mass is 993 g/mol. The minimum absolute atomic E-state index is 0. The Balaban J connectivity index is 0.0000238. The summed E-state index contributed by atoms with van der Waals surface area (Å²) in [7, 11) is 0. The van der Waals surface area contributed by atoms with Gasteiger partial charge in [-0.15, -0.1) is 0 Å². The summed E-state index contributed by atoms with van der Waals surface area (Å²) in [6.45, 7) is 13.8. The Labute approximate surface area is 441 Å². The molecule has 0 amide bonds. The maximum absolute atomic E-state index is 5.59. The van der Waals surface area contributed by atoms with Crippen LogP contribution in [0.3, 0.4) is 0 Å². The van der Waals surface area contributed by atoms with Crippen molar-refractivity contribution in [1.82, 2.24) is 0 Å². The van der Waals surface area contributed by atoms with Gasteiger partial charge < -0.3 is 0 Å². The molecule has 0 N–H and O–H groups in total. The molecule has 0 saturated carbocycles. The normalized spacial score (nSPS) is 12.1. The maximum Gasteiger partial charge on any atom is 0.0848 e. The van der Waals surface area contributed by atoms with Crippen LogP contribution in [-0.4, -0.2) is 11.4 Å². The van der Waals surface area contributed by atoms with Crippen molar-refractivity contribution in [3.05, 3.63) is 70.8 Å². The number of aryl methyl sites for hydroxylation is 4. The minimum Gasteiger partial charge on any atom is -0.251 e. The van der Waals surface area contributed by atoms with Crippen LogP contribution in [0.4, 0.5) is 11.4 Å². The third-order valence-corrected chi connectivity index (χ3v) is 14.4. The van der Waals surface area contributed by atoms with Gasteiger partial charge in [0.25, 0.3) is 0 Å². The van der Waals surface area contributed by atoms with E-state index in [-0.39, 0.29) is 16.5 Å². The van der Waals surface area contributed by atoms with Crippen LogP contribution in [0, 0.1) is 0 Å². The standard InChI is InChI=1S/C66H114N2.Ni/c1-7-13-19-21-22-23-24-25-26-27-28-29-30-31-32-33-34-35-36-37-38-39-40-41-42-43-44-46-52-66(68-64-57-61(49-17-11-5)54-62(58-64)50-18-12-6)65(51-45-20-14-8-2)67-63-55-59(47-15-9-3)53-60(56-63)48-16-10-4;/h46,52-58H,7-45,47-51H2,1-6H3;. The minimum atomic E-state index is 0. The molecular formula is C66H114N2Ni. The van der Waals surface area contributed by atoms with Gasteiger partial charge in [-0.05, 0) is 130 Å². The van der Waals surface area contributed by atoms with Crippen molar-refractivity contribution in [3.8, 4) is 0 Å². The molecule has 0 bridgehead atoms. The average molecular weight is 994 g/mol. The van der Waals surface area contributed by atoms with Crippen LogP contribution in [0.25, 0.3) is 0 Å². The number of rotatable bonds is 48.